The van der Waals surface area contributed by atoms with Crippen molar-refractivity contribution in [3.63, 3.8) is 0 Å². The third-order valence-corrected chi connectivity index (χ3v) is 6.16. The van der Waals surface area contributed by atoms with Crippen LogP contribution in [-0.2, 0) is 9.59 Å². The molecule has 1 heterocycles. The molecule has 3 aromatic carbocycles. The van der Waals surface area contributed by atoms with Crippen LogP contribution >= 0.6 is 23.4 Å². The van der Waals surface area contributed by atoms with Gasteiger partial charge in [0.2, 0.25) is 0 Å². The molecule has 0 saturated carbocycles. The van der Waals surface area contributed by atoms with Crippen molar-refractivity contribution in [3.8, 4) is 0 Å². The SMILES string of the molecule is Cc1ccc(C)c(N2C(=O)C(Nc3ccccc3F)=C(Sc3ccc(Cl)cc3)C2=O)c1. The molecule has 1 aliphatic rings. The number of para-hydroxylation sites is 1. The van der Waals surface area contributed by atoms with Gasteiger partial charge < -0.3 is 5.32 Å². The minimum Gasteiger partial charge on any atom is -0.348 e. The fourth-order valence-corrected chi connectivity index (χ4v) is 4.26. The average Bonchev–Trinajstić information content (AvgIpc) is 2.97. The fraction of sp³-hybridized carbons (Fsp3) is 0.0833. The highest BCUT2D eigenvalue weighted by atomic mass is 35.5. The Morgan fingerprint density at radius 2 is 1.65 bits per heavy atom. The number of anilines is 2. The maximum atomic E-state index is 14.3. The molecule has 1 aliphatic heterocycles. The summed E-state index contributed by atoms with van der Waals surface area (Å²) in [7, 11) is 0. The van der Waals surface area contributed by atoms with Crippen LogP contribution in [0.1, 0.15) is 11.1 Å². The molecule has 2 amide bonds. The van der Waals surface area contributed by atoms with E-state index in [-0.39, 0.29) is 16.3 Å². The van der Waals surface area contributed by atoms with Crippen LogP contribution in [0, 0.1) is 19.7 Å². The minimum absolute atomic E-state index is 0.0379. The van der Waals surface area contributed by atoms with E-state index in [4.69, 9.17) is 11.6 Å². The number of nitrogens with one attached hydrogen (secondary N) is 1. The second-order valence-corrected chi connectivity index (χ2v) is 8.62. The van der Waals surface area contributed by atoms with Crippen LogP contribution in [0.2, 0.25) is 5.02 Å². The summed E-state index contributed by atoms with van der Waals surface area (Å²) in [4.78, 5) is 28.8. The van der Waals surface area contributed by atoms with E-state index in [2.05, 4.69) is 5.32 Å². The van der Waals surface area contributed by atoms with Crippen LogP contribution in [0.5, 0.6) is 0 Å². The topological polar surface area (TPSA) is 49.4 Å². The van der Waals surface area contributed by atoms with Gasteiger partial charge >= 0.3 is 0 Å². The number of hydrogen-bond acceptors (Lipinski definition) is 4. The van der Waals surface area contributed by atoms with Gasteiger partial charge in [-0.1, -0.05) is 47.6 Å². The van der Waals surface area contributed by atoms with Crippen molar-refractivity contribution < 1.29 is 14.0 Å². The molecular formula is C24H18ClFN2O2S. The van der Waals surface area contributed by atoms with Crippen molar-refractivity contribution in [1.82, 2.24) is 0 Å². The Bertz CT molecular complexity index is 1220. The van der Waals surface area contributed by atoms with Crippen molar-refractivity contribution in [2.24, 2.45) is 0 Å². The molecule has 0 atom stereocenters. The number of nitrogens with zero attached hydrogens (tertiary/aromatic N) is 1. The highest BCUT2D eigenvalue weighted by Gasteiger charge is 2.41. The summed E-state index contributed by atoms with van der Waals surface area (Å²) in [5, 5.41) is 3.41. The molecule has 0 bridgehead atoms. The Balaban J connectivity index is 1.79. The predicted octanol–water partition coefficient (Wildman–Crippen LogP) is 6.09. The van der Waals surface area contributed by atoms with Gasteiger partial charge in [0.15, 0.2) is 0 Å². The van der Waals surface area contributed by atoms with Crippen molar-refractivity contribution >= 4 is 46.6 Å². The van der Waals surface area contributed by atoms with Gasteiger partial charge in [-0.2, -0.15) is 0 Å². The first-order valence-corrected chi connectivity index (χ1v) is 10.7. The van der Waals surface area contributed by atoms with Crippen LogP contribution in [0.3, 0.4) is 0 Å². The summed E-state index contributed by atoms with van der Waals surface area (Å²) in [6.07, 6.45) is 0. The fourth-order valence-electron chi connectivity index (χ4n) is 3.21. The molecule has 4 nitrogen and oxygen atoms in total. The quantitative estimate of drug-likeness (QED) is 0.476. The van der Waals surface area contributed by atoms with E-state index in [1.54, 1.807) is 42.5 Å². The van der Waals surface area contributed by atoms with Crippen LogP contribution in [0.4, 0.5) is 15.8 Å². The molecule has 0 unspecified atom stereocenters. The summed E-state index contributed by atoms with van der Waals surface area (Å²) in [5.41, 5.74) is 2.38. The summed E-state index contributed by atoms with van der Waals surface area (Å²) < 4.78 is 14.3. The third-order valence-electron chi connectivity index (χ3n) is 4.81. The molecule has 7 heteroatoms. The molecule has 156 valence electrons. The van der Waals surface area contributed by atoms with Gasteiger partial charge in [-0.25, -0.2) is 9.29 Å². The van der Waals surface area contributed by atoms with E-state index < -0.39 is 17.6 Å². The van der Waals surface area contributed by atoms with Gasteiger partial charge in [-0.3, -0.25) is 9.59 Å². The Morgan fingerprint density at radius 3 is 2.35 bits per heavy atom. The number of carbonyl (C=O) groups excluding carboxylic acids is 2. The van der Waals surface area contributed by atoms with Gasteiger partial charge in [0.05, 0.1) is 11.4 Å². The summed E-state index contributed by atoms with van der Waals surface area (Å²) in [6.45, 7) is 3.73. The van der Waals surface area contributed by atoms with E-state index in [1.165, 1.54) is 12.1 Å². The molecule has 0 fully saturated rings. The molecule has 1 N–H and O–H groups in total. The molecule has 0 saturated heterocycles. The molecule has 0 aromatic heterocycles. The van der Waals surface area contributed by atoms with E-state index in [1.807, 2.05) is 26.0 Å². The van der Waals surface area contributed by atoms with Gasteiger partial charge in [-0.05, 0) is 67.4 Å². The lowest BCUT2D eigenvalue weighted by Crippen LogP contribution is -2.33. The molecule has 4 rings (SSSR count). The van der Waals surface area contributed by atoms with Crippen molar-refractivity contribution in [1.29, 1.82) is 0 Å². The van der Waals surface area contributed by atoms with Crippen molar-refractivity contribution in [3.05, 3.63) is 99.3 Å². The Labute approximate surface area is 188 Å². The Morgan fingerprint density at radius 1 is 0.935 bits per heavy atom. The van der Waals surface area contributed by atoms with Crippen molar-refractivity contribution in [2.45, 2.75) is 18.7 Å². The highest BCUT2D eigenvalue weighted by Crippen LogP contribution is 2.39. The van der Waals surface area contributed by atoms with Crippen LogP contribution < -0.4 is 10.2 Å². The number of amides is 2. The first-order valence-electron chi connectivity index (χ1n) is 9.50. The molecule has 3 aromatic rings. The van der Waals surface area contributed by atoms with Gasteiger partial charge in [-0.15, -0.1) is 0 Å². The first-order chi connectivity index (χ1) is 14.8. The van der Waals surface area contributed by atoms with Crippen LogP contribution in [0.15, 0.2) is 82.2 Å². The summed E-state index contributed by atoms with van der Waals surface area (Å²) >= 11 is 7.10. The number of thioether (sulfide) groups is 1. The molecular weight excluding hydrogens is 435 g/mol. The number of imide groups is 1. The van der Waals surface area contributed by atoms with E-state index in [0.717, 1.165) is 32.7 Å². The molecule has 0 radical (unpaired) electrons. The Kier molecular flexibility index (Phi) is 5.85. The van der Waals surface area contributed by atoms with Gasteiger partial charge in [0.1, 0.15) is 16.4 Å². The number of halogens is 2. The summed E-state index contributed by atoms with van der Waals surface area (Å²) in [5.74, 6) is -1.51. The van der Waals surface area contributed by atoms with E-state index in [9.17, 15) is 14.0 Å². The predicted molar refractivity (Wildman–Crippen MR) is 123 cm³/mol. The number of hydrogen-bond donors (Lipinski definition) is 1. The smallest absolute Gasteiger partial charge is 0.283 e. The van der Waals surface area contributed by atoms with E-state index in [0.29, 0.717) is 10.7 Å². The number of carbonyl (C=O) groups is 2. The maximum absolute atomic E-state index is 14.3. The van der Waals surface area contributed by atoms with Gasteiger partial charge in [0.25, 0.3) is 11.8 Å². The Hall–Kier alpha value is -3.09. The van der Waals surface area contributed by atoms with Crippen LogP contribution in [0.25, 0.3) is 0 Å². The zero-order chi connectivity index (χ0) is 22.1. The zero-order valence-electron chi connectivity index (χ0n) is 16.8. The normalized spacial score (nSPS) is 13.9. The van der Waals surface area contributed by atoms with Crippen LogP contribution in [-0.4, -0.2) is 11.8 Å². The second-order valence-electron chi connectivity index (χ2n) is 7.10. The number of benzene rings is 3. The average molecular weight is 453 g/mol. The lowest BCUT2D eigenvalue weighted by Gasteiger charge is -2.18. The largest absolute Gasteiger partial charge is 0.348 e. The van der Waals surface area contributed by atoms with Crippen molar-refractivity contribution in [2.75, 3.05) is 10.2 Å². The van der Waals surface area contributed by atoms with E-state index >= 15 is 0 Å². The minimum atomic E-state index is -0.529. The lowest BCUT2D eigenvalue weighted by molar-refractivity contribution is -0.120. The summed E-state index contributed by atoms with van der Waals surface area (Å²) in [6, 6.07) is 18.5. The number of aryl methyl sites for hydroxylation is 2. The monoisotopic (exact) mass is 452 g/mol. The molecule has 0 aliphatic carbocycles. The maximum Gasteiger partial charge on any atom is 0.283 e. The molecule has 0 spiro atoms. The second kappa shape index (κ2) is 8.57. The lowest BCUT2D eigenvalue weighted by atomic mass is 10.1. The van der Waals surface area contributed by atoms with Gasteiger partial charge in [0, 0.05) is 9.92 Å². The standard InChI is InChI=1S/C24H18ClFN2O2S/c1-14-7-8-15(2)20(13-14)28-23(29)21(27-19-6-4-3-5-18(19)26)22(24(28)30)31-17-11-9-16(25)10-12-17/h3-13,27H,1-2H3. The zero-order valence-corrected chi connectivity index (χ0v) is 18.4. The molecule has 31 heavy (non-hydrogen) atoms. The number of rotatable bonds is 5. The first kappa shape index (κ1) is 21.2. The highest BCUT2D eigenvalue weighted by molar-refractivity contribution is 8.04. The third kappa shape index (κ3) is 4.22.